The summed E-state index contributed by atoms with van der Waals surface area (Å²) in [6.45, 7) is 3.98. The first-order valence-electron chi connectivity index (χ1n) is 7.84. The normalized spacial score (nSPS) is 21.2. The van der Waals surface area contributed by atoms with Crippen molar-refractivity contribution in [3.05, 3.63) is 29.3 Å². The number of hydrogen-bond donors (Lipinski definition) is 1. The minimum atomic E-state index is -0.250. The summed E-state index contributed by atoms with van der Waals surface area (Å²) < 4.78 is 11.1. The zero-order chi connectivity index (χ0) is 15.8. The predicted molar refractivity (Wildman–Crippen MR) is 84.3 cm³/mol. The number of fused-ring (bicyclic) bond motifs is 1. The smallest absolute Gasteiger partial charge is 0.290 e. The standard InChI is InChI=1S/C16H23NO2.CH2O2/c1-18-15-6-5-14-11-17(8-7-13(14)10-15)12-16-4-2-3-9-19-16;2-1-3/h5-6,10,16H,2-4,7-9,11-12H2,1H3;1H,(H,2,3). The fourth-order valence-corrected chi connectivity index (χ4v) is 3.11. The molecule has 0 bridgehead atoms. The van der Waals surface area contributed by atoms with Gasteiger partial charge in [-0.05, 0) is 48.9 Å². The highest BCUT2D eigenvalue weighted by Gasteiger charge is 2.21. The van der Waals surface area contributed by atoms with E-state index in [-0.39, 0.29) is 6.47 Å². The Morgan fingerprint density at radius 1 is 1.41 bits per heavy atom. The molecule has 1 N–H and O–H groups in total. The van der Waals surface area contributed by atoms with Gasteiger partial charge in [-0.15, -0.1) is 0 Å². The zero-order valence-corrected chi connectivity index (χ0v) is 13.2. The van der Waals surface area contributed by atoms with Crippen LogP contribution in [-0.4, -0.2) is 49.4 Å². The molecule has 1 unspecified atom stereocenters. The van der Waals surface area contributed by atoms with Gasteiger partial charge in [-0.1, -0.05) is 6.07 Å². The SMILES string of the molecule is COc1ccc2c(c1)CCN(CC1CCCCO1)C2.O=CO. The lowest BCUT2D eigenvalue weighted by Gasteiger charge is -2.33. The largest absolute Gasteiger partial charge is 0.497 e. The summed E-state index contributed by atoms with van der Waals surface area (Å²) in [5, 5.41) is 6.89. The van der Waals surface area contributed by atoms with Gasteiger partial charge in [0.1, 0.15) is 5.75 Å². The number of methoxy groups -OCH3 is 1. The van der Waals surface area contributed by atoms with Crippen LogP contribution in [-0.2, 0) is 22.5 Å². The van der Waals surface area contributed by atoms with E-state index in [4.69, 9.17) is 19.4 Å². The van der Waals surface area contributed by atoms with Gasteiger partial charge in [0, 0.05) is 26.2 Å². The Bertz CT molecular complexity index is 472. The third-order valence-electron chi connectivity index (χ3n) is 4.24. The van der Waals surface area contributed by atoms with Gasteiger partial charge in [-0.3, -0.25) is 9.69 Å². The summed E-state index contributed by atoms with van der Waals surface area (Å²) in [5.41, 5.74) is 2.89. The van der Waals surface area contributed by atoms with Gasteiger partial charge in [0.15, 0.2) is 0 Å². The van der Waals surface area contributed by atoms with Gasteiger partial charge in [0.05, 0.1) is 13.2 Å². The summed E-state index contributed by atoms with van der Waals surface area (Å²) >= 11 is 0. The lowest BCUT2D eigenvalue weighted by Crippen LogP contribution is -2.38. The van der Waals surface area contributed by atoms with E-state index in [0.717, 1.165) is 38.4 Å². The average Bonchev–Trinajstić information content (AvgIpc) is 2.56. The third-order valence-corrected chi connectivity index (χ3v) is 4.24. The van der Waals surface area contributed by atoms with Crippen molar-refractivity contribution in [1.82, 2.24) is 4.90 Å². The van der Waals surface area contributed by atoms with Crippen LogP contribution >= 0.6 is 0 Å². The van der Waals surface area contributed by atoms with Crippen LogP contribution in [0.25, 0.3) is 0 Å². The first kappa shape index (κ1) is 16.8. The molecule has 122 valence electrons. The van der Waals surface area contributed by atoms with Crippen molar-refractivity contribution >= 4 is 6.47 Å². The van der Waals surface area contributed by atoms with Crippen LogP contribution < -0.4 is 4.74 Å². The van der Waals surface area contributed by atoms with Crippen LogP contribution in [0.3, 0.4) is 0 Å². The van der Waals surface area contributed by atoms with E-state index < -0.39 is 0 Å². The Morgan fingerprint density at radius 2 is 2.23 bits per heavy atom. The van der Waals surface area contributed by atoms with Crippen LogP contribution in [0, 0.1) is 0 Å². The number of benzene rings is 1. The molecule has 3 rings (SSSR count). The zero-order valence-electron chi connectivity index (χ0n) is 13.2. The van der Waals surface area contributed by atoms with Crippen LogP contribution in [0.1, 0.15) is 30.4 Å². The molecule has 1 atom stereocenters. The first-order chi connectivity index (χ1) is 10.8. The summed E-state index contributed by atoms with van der Waals surface area (Å²) in [6, 6.07) is 6.46. The van der Waals surface area contributed by atoms with Crippen LogP contribution in [0.15, 0.2) is 18.2 Å². The highest BCUT2D eigenvalue weighted by molar-refractivity contribution is 5.37. The third kappa shape index (κ3) is 4.71. The van der Waals surface area contributed by atoms with E-state index in [0.29, 0.717) is 6.10 Å². The minimum Gasteiger partial charge on any atom is -0.497 e. The topological polar surface area (TPSA) is 59.0 Å². The Kier molecular flexibility index (Phi) is 6.68. The van der Waals surface area contributed by atoms with Gasteiger partial charge in [0.2, 0.25) is 0 Å². The molecule has 1 aromatic rings. The van der Waals surface area contributed by atoms with E-state index in [1.165, 1.54) is 30.4 Å². The molecule has 0 amide bonds. The van der Waals surface area contributed by atoms with E-state index >= 15 is 0 Å². The van der Waals surface area contributed by atoms with Crippen LogP contribution in [0.2, 0.25) is 0 Å². The highest BCUT2D eigenvalue weighted by atomic mass is 16.5. The molecule has 2 heterocycles. The Labute approximate surface area is 131 Å². The molecule has 0 aliphatic carbocycles. The molecule has 0 radical (unpaired) electrons. The summed E-state index contributed by atoms with van der Waals surface area (Å²) in [6.07, 6.45) is 5.37. The minimum absolute atomic E-state index is 0.250. The summed E-state index contributed by atoms with van der Waals surface area (Å²) in [7, 11) is 1.73. The number of rotatable bonds is 3. The molecule has 0 aromatic heterocycles. The molecule has 5 nitrogen and oxygen atoms in total. The molecular weight excluding hydrogens is 282 g/mol. The highest BCUT2D eigenvalue weighted by Crippen LogP contribution is 2.24. The van der Waals surface area contributed by atoms with Gasteiger partial charge in [0.25, 0.3) is 6.47 Å². The second-order valence-corrected chi connectivity index (χ2v) is 5.71. The molecule has 22 heavy (non-hydrogen) atoms. The maximum Gasteiger partial charge on any atom is 0.290 e. The van der Waals surface area contributed by atoms with Crippen molar-refractivity contribution in [2.75, 3.05) is 26.8 Å². The Balaban J connectivity index is 0.000000545. The fourth-order valence-electron chi connectivity index (χ4n) is 3.11. The van der Waals surface area contributed by atoms with E-state index in [1.807, 2.05) is 0 Å². The number of ether oxygens (including phenoxy) is 2. The molecule has 5 heteroatoms. The first-order valence-corrected chi connectivity index (χ1v) is 7.84. The molecular formula is C17H25NO4. The Morgan fingerprint density at radius 3 is 2.91 bits per heavy atom. The molecule has 0 spiro atoms. The second kappa shape index (κ2) is 8.76. The van der Waals surface area contributed by atoms with Crippen molar-refractivity contribution in [2.24, 2.45) is 0 Å². The second-order valence-electron chi connectivity index (χ2n) is 5.71. The van der Waals surface area contributed by atoms with Crippen molar-refractivity contribution in [3.8, 4) is 5.75 Å². The number of nitrogens with zero attached hydrogens (tertiary/aromatic N) is 1. The van der Waals surface area contributed by atoms with Crippen molar-refractivity contribution in [2.45, 2.75) is 38.3 Å². The average molecular weight is 307 g/mol. The number of hydrogen-bond acceptors (Lipinski definition) is 4. The van der Waals surface area contributed by atoms with E-state index in [2.05, 4.69) is 23.1 Å². The predicted octanol–water partition coefficient (Wildman–Crippen LogP) is 2.32. The Hall–Kier alpha value is -1.59. The van der Waals surface area contributed by atoms with Gasteiger partial charge < -0.3 is 14.6 Å². The van der Waals surface area contributed by atoms with Crippen LogP contribution in [0.5, 0.6) is 5.75 Å². The molecule has 2 aliphatic heterocycles. The lowest BCUT2D eigenvalue weighted by molar-refractivity contribution is -0.122. The maximum absolute atomic E-state index is 8.36. The fraction of sp³-hybridized carbons (Fsp3) is 0.588. The van der Waals surface area contributed by atoms with Crippen molar-refractivity contribution < 1.29 is 19.4 Å². The quantitative estimate of drug-likeness (QED) is 0.869. The van der Waals surface area contributed by atoms with Crippen molar-refractivity contribution in [3.63, 3.8) is 0 Å². The van der Waals surface area contributed by atoms with Crippen molar-refractivity contribution in [1.29, 1.82) is 0 Å². The maximum atomic E-state index is 8.36. The summed E-state index contributed by atoms with van der Waals surface area (Å²) in [5.74, 6) is 0.975. The van der Waals surface area contributed by atoms with Gasteiger partial charge in [-0.2, -0.15) is 0 Å². The molecule has 1 aromatic carbocycles. The van der Waals surface area contributed by atoms with Crippen LogP contribution in [0.4, 0.5) is 0 Å². The lowest BCUT2D eigenvalue weighted by atomic mass is 9.98. The molecule has 1 fully saturated rings. The van der Waals surface area contributed by atoms with E-state index in [9.17, 15) is 0 Å². The van der Waals surface area contributed by atoms with Gasteiger partial charge in [-0.25, -0.2) is 0 Å². The van der Waals surface area contributed by atoms with Gasteiger partial charge >= 0.3 is 0 Å². The number of carbonyl (C=O) groups is 1. The number of carboxylic acid groups (broad SMARTS) is 1. The molecule has 1 saturated heterocycles. The molecule has 0 saturated carbocycles. The molecule has 2 aliphatic rings. The summed E-state index contributed by atoms with van der Waals surface area (Å²) in [4.78, 5) is 10.9. The monoisotopic (exact) mass is 307 g/mol. The van der Waals surface area contributed by atoms with E-state index in [1.54, 1.807) is 7.11 Å².